The number of nitrogens with one attached hydrogen (secondary N) is 1. The van der Waals surface area contributed by atoms with Gasteiger partial charge in [-0.3, -0.25) is 4.79 Å². The maximum absolute atomic E-state index is 12.4. The molecule has 2 rings (SSSR count). The molecule has 0 aliphatic carbocycles. The van der Waals surface area contributed by atoms with E-state index < -0.39 is 6.10 Å². The number of benzene rings is 2. The largest absolute Gasteiger partial charge is 0.481 e. The van der Waals surface area contributed by atoms with Crippen LogP contribution < -0.4 is 10.1 Å². The third kappa shape index (κ3) is 4.73. The van der Waals surface area contributed by atoms with Crippen molar-refractivity contribution in [3.63, 3.8) is 0 Å². The number of hydrogen-bond donors (Lipinski definition) is 1. The molecule has 0 spiro atoms. The number of para-hydroxylation sites is 1. The molecule has 0 bridgehead atoms. The minimum absolute atomic E-state index is 0.0546. The smallest absolute Gasteiger partial charge is 0.265 e. The van der Waals surface area contributed by atoms with Gasteiger partial charge in [-0.15, -0.1) is 0 Å². The average Bonchev–Trinajstić information content (AvgIpc) is 2.46. The second-order valence-corrected chi connectivity index (χ2v) is 6.94. The van der Waals surface area contributed by atoms with Gasteiger partial charge in [0.15, 0.2) is 6.10 Å². The Morgan fingerprint density at radius 3 is 2.48 bits per heavy atom. The summed E-state index contributed by atoms with van der Waals surface area (Å²) in [6, 6.07) is 14.8. The summed E-state index contributed by atoms with van der Waals surface area (Å²) in [7, 11) is 0. The Hall–Kier alpha value is -2.00. The molecule has 1 atom stereocenters. The zero-order valence-corrected chi connectivity index (χ0v) is 14.6. The second kappa shape index (κ2) is 7.05. The lowest BCUT2D eigenvalue weighted by molar-refractivity contribution is -0.122. The van der Waals surface area contributed by atoms with Crippen molar-refractivity contribution >= 4 is 23.2 Å². The zero-order valence-electron chi connectivity index (χ0n) is 13.9. The molecule has 23 heavy (non-hydrogen) atoms. The van der Waals surface area contributed by atoms with Crippen molar-refractivity contribution in [3.8, 4) is 5.75 Å². The number of carbonyl (C=O) groups excluding carboxylic acids is 1. The Morgan fingerprint density at radius 1 is 1.13 bits per heavy atom. The molecular weight excluding hydrogens is 310 g/mol. The summed E-state index contributed by atoms with van der Waals surface area (Å²) in [5.41, 5.74) is 1.84. The maximum atomic E-state index is 12.4. The first-order valence-corrected chi connectivity index (χ1v) is 7.98. The molecule has 2 aromatic carbocycles. The first kappa shape index (κ1) is 17.4. The highest BCUT2D eigenvalue weighted by Gasteiger charge is 2.21. The molecule has 1 amide bonds. The van der Waals surface area contributed by atoms with Gasteiger partial charge >= 0.3 is 0 Å². The molecule has 122 valence electrons. The van der Waals surface area contributed by atoms with Crippen LogP contribution >= 0.6 is 11.6 Å². The van der Waals surface area contributed by atoms with E-state index in [0.29, 0.717) is 10.8 Å². The van der Waals surface area contributed by atoms with Gasteiger partial charge in [-0.05, 0) is 42.2 Å². The van der Waals surface area contributed by atoms with Crippen LogP contribution in [0.1, 0.15) is 33.3 Å². The molecule has 4 heteroatoms. The maximum Gasteiger partial charge on any atom is 0.265 e. The minimum Gasteiger partial charge on any atom is -0.481 e. The van der Waals surface area contributed by atoms with E-state index in [1.54, 1.807) is 31.2 Å². The number of hydrogen-bond acceptors (Lipinski definition) is 2. The van der Waals surface area contributed by atoms with Gasteiger partial charge in [-0.25, -0.2) is 0 Å². The van der Waals surface area contributed by atoms with E-state index in [9.17, 15) is 4.79 Å². The predicted octanol–water partition coefficient (Wildman–Crippen LogP) is 5.04. The van der Waals surface area contributed by atoms with Gasteiger partial charge in [0.05, 0.1) is 0 Å². The second-order valence-electron chi connectivity index (χ2n) is 6.50. The van der Waals surface area contributed by atoms with Crippen LogP contribution in [-0.4, -0.2) is 12.0 Å². The van der Waals surface area contributed by atoms with Crippen molar-refractivity contribution in [2.75, 3.05) is 5.32 Å². The SMILES string of the molecule is C[C@@H](Oc1cccc(Cl)c1)C(=O)Nc1ccccc1C(C)(C)C. The van der Waals surface area contributed by atoms with Gasteiger partial charge in [-0.1, -0.05) is 56.6 Å². The zero-order chi connectivity index (χ0) is 17.0. The van der Waals surface area contributed by atoms with E-state index in [0.717, 1.165) is 11.3 Å². The standard InChI is InChI=1S/C19H22ClNO2/c1-13(23-15-9-7-8-14(20)12-15)18(22)21-17-11-6-5-10-16(17)19(2,3)4/h5-13H,1-4H3,(H,21,22)/t13-/m1/s1. The van der Waals surface area contributed by atoms with Gasteiger partial charge in [0, 0.05) is 10.7 Å². The quantitative estimate of drug-likeness (QED) is 0.852. The van der Waals surface area contributed by atoms with Crippen LogP contribution in [0.15, 0.2) is 48.5 Å². The number of carbonyl (C=O) groups is 1. The topological polar surface area (TPSA) is 38.3 Å². The summed E-state index contributed by atoms with van der Waals surface area (Å²) >= 11 is 5.93. The third-order valence-corrected chi connectivity index (χ3v) is 3.71. The van der Waals surface area contributed by atoms with E-state index in [2.05, 4.69) is 26.1 Å². The lowest BCUT2D eigenvalue weighted by atomic mass is 9.86. The van der Waals surface area contributed by atoms with E-state index in [1.165, 1.54) is 0 Å². The highest BCUT2D eigenvalue weighted by atomic mass is 35.5. The summed E-state index contributed by atoms with van der Waals surface area (Å²) in [5, 5.41) is 3.53. The molecule has 3 nitrogen and oxygen atoms in total. The number of amides is 1. The Balaban J connectivity index is 2.10. The molecule has 0 heterocycles. The lowest BCUT2D eigenvalue weighted by Crippen LogP contribution is -2.31. The number of rotatable bonds is 4. The van der Waals surface area contributed by atoms with Crippen molar-refractivity contribution in [1.29, 1.82) is 0 Å². The fourth-order valence-electron chi connectivity index (χ4n) is 2.28. The number of ether oxygens (including phenoxy) is 1. The normalized spacial score (nSPS) is 12.6. The Labute approximate surface area is 142 Å². The fraction of sp³-hybridized carbons (Fsp3) is 0.316. The molecule has 0 aliphatic rings. The summed E-state index contributed by atoms with van der Waals surface area (Å²) in [6.07, 6.45) is -0.624. The monoisotopic (exact) mass is 331 g/mol. The van der Waals surface area contributed by atoms with Gasteiger partial charge < -0.3 is 10.1 Å². The Bertz CT molecular complexity index is 692. The van der Waals surface area contributed by atoms with E-state index >= 15 is 0 Å². The fourth-order valence-corrected chi connectivity index (χ4v) is 2.46. The summed E-state index contributed by atoms with van der Waals surface area (Å²) in [6.45, 7) is 8.06. The van der Waals surface area contributed by atoms with E-state index in [4.69, 9.17) is 16.3 Å². The number of anilines is 1. The van der Waals surface area contributed by atoms with Crippen molar-refractivity contribution < 1.29 is 9.53 Å². The van der Waals surface area contributed by atoms with Crippen LogP contribution in [0.4, 0.5) is 5.69 Å². The molecule has 0 unspecified atom stereocenters. The van der Waals surface area contributed by atoms with Gasteiger partial charge in [0.2, 0.25) is 0 Å². The number of halogens is 1. The molecule has 0 aliphatic heterocycles. The van der Waals surface area contributed by atoms with Crippen LogP contribution in [-0.2, 0) is 10.2 Å². The van der Waals surface area contributed by atoms with Gasteiger partial charge in [0.25, 0.3) is 5.91 Å². The van der Waals surface area contributed by atoms with Crippen LogP contribution in [0, 0.1) is 0 Å². The van der Waals surface area contributed by atoms with Crippen molar-refractivity contribution in [1.82, 2.24) is 0 Å². The van der Waals surface area contributed by atoms with Gasteiger partial charge in [0.1, 0.15) is 5.75 Å². The molecule has 0 saturated carbocycles. The molecule has 0 saturated heterocycles. The third-order valence-electron chi connectivity index (χ3n) is 3.47. The summed E-state index contributed by atoms with van der Waals surface area (Å²) < 4.78 is 5.66. The summed E-state index contributed by atoms with van der Waals surface area (Å²) in [5.74, 6) is 0.380. The molecule has 2 aromatic rings. The molecule has 0 radical (unpaired) electrons. The van der Waals surface area contributed by atoms with Crippen LogP contribution in [0.2, 0.25) is 5.02 Å². The van der Waals surface area contributed by atoms with Gasteiger partial charge in [-0.2, -0.15) is 0 Å². The highest BCUT2D eigenvalue weighted by Crippen LogP contribution is 2.29. The molecule has 0 fully saturated rings. The molecule has 1 N–H and O–H groups in total. The molecular formula is C19H22ClNO2. The van der Waals surface area contributed by atoms with Crippen molar-refractivity contribution in [2.24, 2.45) is 0 Å². The van der Waals surface area contributed by atoms with Crippen LogP contribution in [0.5, 0.6) is 5.75 Å². The van der Waals surface area contributed by atoms with Crippen LogP contribution in [0.25, 0.3) is 0 Å². The van der Waals surface area contributed by atoms with E-state index in [1.807, 2.05) is 24.3 Å². The highest BCUT2D eigenvalue weighted by molar-refractivity contribution is 6.30. The summed E-state index contributed by atoms with van der Waals surface area (Å²) in [4.78, 5) is 12.4. The first-order chi connectivity index (χ1) is 10.8. The Kier molecular flexibility index (Phi) is 5.32. The minimum atomic E-state index is -0.624. The van der Waals surface area contributed by atoms with Crippen molar-refractivity contribution in [3.05, 3.63) is 59.1 Å². The van der Waals surface area contributed by atoms with E-state index in [-0.39, 0.29) is 11.3 Å². The van der Waals surface area contributed by atoms with Crippen LogP contribution in [0.3, 0.4) is 0 Å². The average molecular weight is 332 g/mol. The van der Waals surface area contributed by atoms with Crippen molar-refractivity contribution in [2.45, 2.75) is 39.2 Å². The lowest BCUT2D eigenvalue weighted by Gasteiger charge is -2.24. The Morgan fingerprint density at radius 2 is 1.83 bits per heavy atom. The molecule has 0 aromatic heterocycles. The first-order valence-electron chi connectivity index (χ1n) is 7.60. The predicted molar refractivity (Wildman–Crippen MR) is 95.3 cm³/mol.